The van der Waals surface area contributed by atoms with Gasteiger partial charge in [-0.2, -0.15) is 8.42 Å². The molecule has 15 heavy (non-hydrogen) atoms. The molecule has 0 bridgehead atoms. The van der Waals surface area contributed by atoms with E-state index in [0.717, 1.165) is 16.6 Å². The maximum atomic E-state index is 10.9. The molecule has 1 heterocycles. The molecular weight excluding hydrogens is 214 g/mol. The molecule has 0 aliphatic carbocycles. The van der Waals surface area contributed by atoms with Gasteiger partial charge in [0.1, 0.15) is 0 Å². The zero-order chi connectivity index (χ0) is 11.2. The van der Waals surface area contributed by atoms with E-state index in [1.54, 1.807) is 6.07 Å². The first kappa shape index (κ1) is 10.2. The number of hydrogen-bond acceptors (Lipinski definition) is 2. The Morgan fingerprint density at radius 1 is 1.27 bits per heavy atom. The molecular formula is C10H11NO3S. The van der Waals surface area contributed by atoms with E-state index in [1.165, 1.54) is 12.1 Å². The Morgan fingerprint density at radius 2 is 1.93 bits per heavy atom. The van der Waals surface area contributed by atoms with Gasteiger partial charge in [-0.25, -0.2) is 0 Å². The quantitative estimate of drug-likeness (QED) is 0.752. The summed E-state index contributed by atoms with van der Waals surface area (Å²) in [5.74, 6) is 0. The van der Waals surface area contributed by atoms with E-state index in [2.05, 4.69) is 0 Å². The van der Waals surface area contributed by atoms with Crippen LogP contribution in [0.5, 0.6) is 0 Å². The van der Waals surface area contributed by atoms with Crippen molar-refractivity contribution in [1.82, 2.24) is 4.57 Å². The molecule has 4 nitrogen and oxygen atoms in total. The van der Waals surface area contributed by atoms with Gasteiger partial charge in [-0.15, -0.1) is 0 Å². The summed E-state index contributed by atoms with van der Waals surface area (Å²) in [5.41, 5.74) is 1.98. The zero-order valence-electron chi connectivity index (χ0n) is 8.43. The number of rotatable bonds is 1. The average molecular weight is 225 g/mol. The van der Waals surface area contributed by atoms with Crippen molar-refractivity contribution in [3.63, 3.8) is 0 Å². The smallest absolute Gasteiger partial charge is 0.294 e. The Hall–Kier alpha value is -1.33. The summed E-state index contributed by atoms with van der Waals surface area (Å²) in [7, 11) is -2.20. The highest BCUT2D eigenvalue weighted by atomic mass is 32.2. The van der Waals surface area contributed by atoms with Crippen molar-refractivity contribution in [3.8, 4) is 0 Å². The molecule has 0 saturated carbocycles. The number of hydrogen-bond donors (Lipinski definition) is 1. The van der Waals surface area contributed by atoms with Crippen molar-refractivity contribution < 1.29 is 13.0 Å². The van der Waals surface area contributed by atoms with Crippen LogP contribution in [0.3, 0.4) is 0 Å². The van der Waals surface area contributed by atoms with Gasteiger partial charge in [0.2, 0.25) is 0 Å². The van der Waals surface area contributed by atoms with Crippen LogP contribution >= 0.6 is 0 Å². The van der Waals surface area contributed by atoms with Crippen molar-refractivity contribution >= 4 is 21.0 Å². The predicted octanol–water partition coefficient (Wildman–Crippen LogP) is 1.73. The van der Waals surface area contributed by atoms with Crippen LogP contribution in [0, 0.1) is 6.92 Å². The van der Waals surface area contributed by atoms with Crippen molar-refractivity contribution in [3.05, 3.63) is 30.0 Å². The minimum atomic E-state index is -4.11. The third-order valence-electron chi connectivity index (χ3n) is 2.55. The molecule has 0 atom stereocenters. The summed E-state index contributed by atoms with van der Waals surface area (Å²) in [6, 6.07) is 6.43. The standard InChI is InChI=1S/C10H11NO3S/c1-7-5-8-6-9(15(12,13)14)3-4-10(8)11(7)2/h3-6H,1-2H3,(H,12,13,14). The van der Waals surface area contributed by atoms with Crippen LogP contribution in [-0.2, 0) is 17.2 Å². The van der Waals surface area contributed by atoms with E-state index in [1.807, 2.05) is 24.6 Å². The van der Waals surface area contributed by atoms with E-state index in [9.17, 15) is 8.42 Å². The van der Waals surface area contributed by atoms with Crippen LogP contribution < -0.4 is 0 Å². The molecule has 0 unspecified atom stereocenters. The lowest BCUT2D eigenvalue weighted by molar-refractivity contribution is 0.483. The molecule has 80 valence electrons. The second-order valence-corrected chi connectivity index (χ2v) is 4.96. The highest BCUT2D eigenvalue weighted by Crippen LogP contribution is 2.21. The minimum absolute atomic E-state index is 0.0689. The third kappa shape index (κ3) is 1.64. The lowest BCUT2D eigenvalue weighted by Gasteiger charge is -1.99. The number of aryl methyl sites for hydroxylation is 2. The summed E-state index contributed by atoms with van der Waals surface area (Å²) in [4.78, 5) is -0.0689. The first-order chi connectivity index (χ1) is 6.89. The van der Waals surface area contributed by atoms with Crippen LogP contribution in [0.2, 0.25) is 0 Å². The van der Waals surface area contributed by atoms with Gasteiger partial charge in [-0.1, -0.05) is 0 Å². The predicted molar refractivity (Wildman–Crippen MR) is 57.5 cm³/mol. The van der Waals surface area contributed by atoms with Crippen LogP contribution in [0.25, 0.3) is 10.9 Å². The minimum Gasteiger partial charge on any atom is -0.348 e. The molecule has 0 radical (unpaired) electrons. The summed E-state index contributed by atoms with van der Waals surface area (Å²) < 4.78 is 32.7. The van der Waals surface area contributed by atoms with Gasteiger partial charge < -0.3 is 4.57 Å². The molecule has 0 spiro atoms. The van der Waals surface area contributed by atoms with E-state index in [4.69, 9.17) is 4.55 Å². The second-order valence-electron chi connectivity index (χ2n) is 3.54. The lowest BCUT2D eigenvalue weighted by Crippen LogP contribution is -1.97. The first-order valence-corrected chi connectivity index (χ1v) is 5.87. The summed E-state index contributed by atoms with van der Waals surface area (Å²) in [6.07, 6.45) is 0. The van der Waals surface area contributed by atoms with E-state index in [-0.39, 0.29) is 4.90 Å². The van der Waals surface area contributed by atoms with E-state index in [0.29, 0.717) is 0 Å². The summed E-state index contributed by atoms with van der Waals surface area (Å²) in [6.45, 7) is 1.94. The number of benzene rings is 1. The summed E-state index contributed by atoms with van der Waals surface area (Å²) >= 11 is 0. The highest BCUT2D eigenvalue weighted by molar-refractivity contribution is 7.85. The fourth-order valence-electron chi connectivity index (χ4n) is 1.63. The van der Waals surface area contributed by atoms with Crippen LogP contribution in [0.4, 0.5) is 0 Å². The number of nitrogens with zero attached hydrogens (tertiary/aromatic N) is 1. The Bertz CT molecular complexity index is 625. The largest absolute Gasteiger partial charge is 0.348 e. The monoisotopic (exact) mass is 225 g/mol. The van der Waals surface area contributed by atoms with Crippen LogP contribution in [-0.4, -0.2) is 17.5 Å². The van der Waals surface area contributed by atoms with Crippen molar-refractivity contribution in [1.29, 1.82) is 0 Å². The van der Waals surface area contributed by atoms with Crippen LogP contribution in [0.1, 0.15) is 5.69 Å². The Morgan fingerprint density at radius 3 is 2.53 bits per heavy atom. The lowest BCUT2D eigenvalue weighted by atomic mass is 10.2. The molecule has 5 heteroatoms. The molecule has 0 amide bonds. The van der Waals surface area contributed by atoms with Gasteiger partial charge in [-0.05, 0) is 31.2 Å². The number of aromatic nitrogens is 1. The molecule has 0 fully saturated rings. The fourth-order valence-corrected chi connectivity index (χ4v) is 2.14. The third-order valence-corrected chi connectivity index (χ3v) is 3.40. The maximum absolute atomic E-state index is 10.9. The Balaban J connectivity index is 2.78. The molecule has 0 aliphatic heterocycles. The average Bonchev–Trinajstić information content (AvgIpc) is 2.41. The van der Waals surface area contributed by atoms with Crippen molar-refractivity contribution in [2.45, 2.75) is 11.8 Å². The topological polar surface area (TPSA) is 59.3 Å². The molecule has 1 aromatic carbocycles. The molecule has 2 rings (SSSR count). The van der Waals surface area contributed by atoms with E-state index < -0.39 is 10.1 Å². The molecule has 2 aromatic rings. The normalized spacial score (nSPS) is 12.2. The SMILES string of the molecule is Cc1cc2cc(S(=O)(=O)O)ccc2n1C. The highest BCUT2D eigenvalue weighted by Gasteiger charge is 2.11. The van der Waals surface area contributed by atoms with Gasteiger partial charge in [0.25, 0.3) is 10.1 Å². The van der Waals surface area contributed by atoms with Crippen molar-refractivity contribution in [2.75, 3.05) is 0 Å². The van der Waals surface area contributed by atoms with Gasteiger partial charge in [-0.3, -0.25) is 4.55 Å². The molecule has 1 N–H and O–H groups in total. The van der Waals surface area contributed by atoms with Crippen molar-refractivity contribution in [2.24, 2.45) is 7.05 Å². The maximum Gasteiger partial charge on any atom is 0.294 e. The molecule has 0 aliphatic rings. The number of fused-ring (bicyclic) bond motifs is 1. The van der Waals surface area contributed by atoms with Gasteiger partial charge in [0.15, 0.2) is 0 Å². The molecule has 1 aromatic heterocycles. The van der Waals surface area contributed by atoms with Crippen LogP contribution in [0.15, 0.2) is 29.2 Å². The Labute approximate surface area is 87.9 Å². The van der Waals surface area contributed by atoms with Gasteiger partial charge >= 0.3 is 0 Å². The van der Waals surface area contributed by atoms with Gasteiger partial charge in [0.05, 0.1) is 4.90 Å². The fraction of sp³-hybridized carbons (Fsp3) is 0.200. The van der Waals surface area contributed by atoms with E-state index >= 15 is 0 Å². The summed E-state index contributed by atoms with van der Waals surface area (Å²) in [5, 5.41) is 0.810. The second kappa shape index (κ2) is 3.08. The molecule has 0 saturated heterocycles. The van der Waals surface area contributed by atoms with Gasteiger partial charge in [0, 0.05) is 23.6 Å². The zero-order valence-corrected chi connectivity index (χ0v) is 9.25. The Kier molecular flexibility index (Phi) is 2.09. The first-order valence-electron chi connectivity index (χ1n) is 4.43.